The van der Waals surface area contributed by atoms with Gasteiger partial charge in [-0.3, -0.25) is 9.80 Å². The molecule has 22 heavy (non-hydrogen) atoms. The maximum atomic E-state index is 13.4. The highest BCUT2D eigenvalue weighted by molar-refractivity contribution is 5.16. The lowest BCUT2D eigenvalue weighted by Crippen LogP contribution is -2.49. The Bertz CT molecular complexity index is 439. The number of β-amino-alcohol motifs (C(OH)–C–C–N with tert-alkyl or cyclic N) is 2. The second-order valence-corrected chi connectivity index (χ2v) is 5.63. The number of nitrogens with zero attached hydrogens (tertiary/aromatic N) is 2. The second-order valence-electron chi connectivity index (χ2n) is 5.63. The van der Waals surface area contributed by atoms with Gasteiger partial charge in [0.25, 0.3) is 0 Å². The van der Waals surface area contributed by atoms with Crippen molar-refractivity contribution >= 4 is 0 Å². The Kier molecular flexibility index (Phi) is 7.21. The highest BCUT2D eigenvalue weighted by Crippen LogP contribution is 2.08. The van der Waals surface area contributed by atoms with Crippen LogP contribution < -0.4 is 0 Å². The van der Waals surface area contributed by atoms with E-state index in [-0.39, 0.29) is 25.6 Å². The molecule has 0 saturated carbocycles. The van der Waals surface area contributed by atoms with Gasteiger partial charge >= 0.3 is 0 Å². The summed E-state index contributed by atoms with van der Waals surface area (Å²) in [6, 6.07) is 6.50. The van der Waals surface area contributed by atoms with Gasteiger partial charge in [0, 0.05) is 44.8 Å². The molecule has 124 valence electrons. The Morgan fingerprint density at radius 2 is 1.82 bits per heavy atom. The first-order valence-corrected chi connectivity index (χ1v) is 7.74. The predicted molar refractivity (Wildman–Crippen MR) is 82.0 cm³/mol. The molecule has 2 N–H and O–H groups in total. The van der Waals surface area contributed by atoms with Crippen molar-refractivity contribution in [2.75, 3.05) is 52.5 Å². The van der Waals surface area contributed by atoms with E-state index >= 15 is 0 Å². The van der Waals surface area contributed by atoms with Crippen molar-refractivity contribution in [3.63, 3.8) is 0 Å². The summed E-state index contributed by atoms with van der Waals surface area (Å²) in [5.74, 6) is -0.281. The molecule has 0 radical (unpaired) electrons. The molecule has 1 aromatic rings. The van der Waals surface area contributed by atoms with Gasteiger partial charge < -0.3 is 14.9 Å². The molecule has 0 spiro atoms. The highest BCUT2D eigenvalue weighted by Gasteiger charge is 2.18. The number of aliphatic hydroxyl groups excluding tert-OH is 2. The van der Waals surface area contributed by atoms with Crippen molar-refractivity contribution in [2.24, 2.45) is 0 Å². The standard InChI is InChI=1S/C16H25FN2O3/c17-16-4-2-1-3-14(16)12-22-13-15(21)11-19-7-5-18(6-8-19)9-10-20/h1-4,15,20-21H,5-13H2/t15-/m1/s1. The number of hydrogen-bond donors (Lipinski definition) is 2. The van der Waals surface area contributed by atoms with Gasteiger partial charge in [-0.05, 0) is 6.07 Å². The molecular weight excluding hydrogens is 287 g/mol. The molecule has 0 amide bonds. The van der Waals surface area contributed by atoms with E-state index in [4.69, 9.17) is 9.84 Å². The molecule has 1 aliphatic heterocycles. The lowest BCUT2D eigenvalue weighted by Gasteiger charge is -2.35. The molecule has 1 saturated heterocycles. The lowest BCUT2D eigenvalue weighted by molar-refractivity contribution is -0.0000928. The summed E-state index contributed by atoms with van der Waals surface area (Å²) in [7, 11) is 0. The van der Waals surface area contributed by atoms with Crippen LogP contribution in [0.4, 0.5) is 4.39 Å². The minimum Gasteiger partial charge on any atom is -0.395 e. The van der Waals surface area contributed by atoms with Crippen LogP contribution >= 0.6 is 0 Å². The Morgan fingerprint density at radius 3 is 2.50 bits per heavy atom. The van der Waals surface area contributed by atoms with Crippen LogP contribution in [0.2, 0.25) is 0 Å². The summed E-state index contributed by atoms with van der Waals surface area (Å²) >= 11 is 0. The molecule has 1 fully saturated rings. The van der Waals surface area contributed by atoms with E-state index in [1.54, 1.807) is 18.2 Å². The molecule has 1 aromatic carbocycles. The van der Waals surface area contributed by atoms with Gasteiger partial charge in [-0.15, -0.1) is 0 Å². The van der Waals surface area contributed by atoms with Crippen LogP contribution in [-0.4, -0.2) is 78.6 Å². The topological polar surface area (TPSA) is 56.2 Å². The van der Waals surface area contributed by atoms with Gasteiger partial charge in [-0.2, -0.15) is 0 Å². The average molecular weight is 312 g/mol. The van der Waals surface area contributed by atoms with Crippen LogP contribution in [0.3, 0.4) is 0 Å². The lowest BCUT2D eigenvalue weighted by atomic mass is 10.2. The van der Waals surface area contributed by atoms with Crippen LogP contribution in [0.15, 0.2) is 24.3 Å². The van der Waals surface area contributed by atoms with Gasteiger partial charge in [0.05, 0.1) is 25.9 Å². The Morgan fingerprint density at radius 1 is 1.14 bits per heavy atom. The van der Waals surface area contributed by atoms with Crippen LogP contribution in [0.1, 0.15) is 5.56 Å². The zero-order chi connectivity index (χ0) is 15.8. The fraction of sp³-hybridized carbons (Fsp3) is 0.625. The molecule has 0 aromatic heterocycles. The van der Waals surface area contributed by atoms with Crippen LogP contribution in [0.25, 0.3) is 0 Å². The smallest absolute Gasteiger partial charge is 0.128 e. The van der Waals surface area contributed by atoms with E-state index in [0.717, 1.165) is 26.2 Å². The van der Waals surface area contributed by atoms with Gasteiger partial charge in [-0.1, -0.05) is 18.2 Å². The van der Waals surface area contributed by atoms with Gasteiger partial charge in [-0.25, -0.2) is 4.39 Å². The summed E-state index contributed by atoms with van der Waals surface area (Å²) in [6.07, 6.45) is -0.573. The number of rotatable bonds is 8. The molecule has 5 nitrogen and oxygen atoms in total. The number of hydrogen-bond acceptors (Lipinski definition) is 5. The summed E-state index contributed by atoms with van der Waals surface area (Å²) in [5, 5.41) is 18.9. The fourth-order valence-corrected chi connectivity index (χ4v) is 2.61. The normalized spacial score (nSPS) is 18.5. The number of ether oxygens (including phenoxy) is 1. The third-order valence-electron chi connectivity index (χ3n) is 3.88. The maximum Gasteiger partial charge on any atom is 0.128 e. The van der Waals surface area contributed by atoms with E-state index < -0.39 is 6.10 Å². The van der Waals surface area contributed by atoms with Gasteiger partial charge in [0.2, 0.25) is 0 Å². The third kappa shape index (κ3) is 5.62. The maximum absolute atomic E-state index is 13.4. The van der Waals surface area contributed by atoms with Crippen molar-refractivity contribution < 1.29 is 19.3 Å². The van der Waals surface area contributed by atoms with Crippen LogP contribution in [0, 0.1) is 5.82 Å². The van der Waals surface area contributed by atoms with Crippen molar-refractivity contribution in [3.8, 4) is 0 Å². The monoisotopic (exact) mass is 312 g/mol. The van der Waals surface area contributed by atoms with E-state index in [1.165, 1.54) is 6.07 Å². The third-order valence-corrected chi connectivity index (χ3v) is 3.88. The zero-order valence-corrected chi connectivity index (χ0v) is 12.8. The van der Waals surface area contributed by atoms with Gasteiger partial charge in [0.1, 0.15) is 5.82 Å². The summed E-state index contributed by atoms with van der Waals surface area (Å²) in [5.41, 5.74) is 0.507. The Balaban J connectivity index is 1.62. The molecule has 1 aliphatic rings. The van der Waals surface area contributed by atoms with Crippen molar-refractivity contribution in [2.45, 2.75) is 12.7 Å². The molecule has 0 unspecified atom stereocenters. The highest BCUT2D eigenvalue weighted by atomic mass is 19.1. The fourth-order valence-electron chi connectivity index (χ4n) is 2.61. The molecule has 0 bridgehead atoms. The van der Waals surface area contributed by atoms with Crippen molar-refractivity contribution in [1.29, 1.82) is 0 Å². The molecule has 6 heteroatoms. The molecule has 1 heterocycles. The first kappa shape index (κ1) is 17.3. The van der Waals surface area contributed by atoms with E-state index in [1.807, 2.05) is 0 Å². The Hall–Kier alpha value is -1.05. The summed E-state index contributed by atoms with van der Waals surface area (Å²) in [4.78, 5) is 4.39. The predicted octanol–water partition coefficient (Wildman–Crippen LogP) is 0.313. The van der Waals surface area contributed by atoms with E-state index in [2.05, 4.69) is 9.80 Å². The molecule has 2 rings (SSSR count). The van der Waals surface area contributed by atoms with E-state index in [9.17, 15) is 9.50 Å². The van der Waals surface area contributed by atoms with Crippen molar-refractivity contribution in [1.82, 2.24) is 9.80 Å². The first-order valence-electron chi connectivity index (χ1n) is 7.74. The molecule has 1 atom stereocenters. The number of benzene rings is 1. The van der Waals surface area contributed by atoms with Crippen molar-refractivity contribution in [3.05, 3.63) is 35.6 Å². The largest absolute Gasteiger partial charge is 0.395 e. The quantitative estimate of drug-likeness (QED) is 0.724. The number of halogens is 1. The minimum atomic E-state index is -0.573. The number of aliphatic hydroxyl groups is 2. The first-order chi connectivity index (χ1) is 10.7. The summed E-state index contributed by atoms with van der Waals surface area (Å²) < 4.78 is 18.8. The van der Waals surface area contributed by atoms with Gasteiger partial charge in [0.15, 0.2) is 0 Å². The summed E-state index contributed by atoms with van der Waals surface area (Å²) in [6.45, 7) is 5.40. The Labute approximate surface area is 130 Å². The SMILES string of the molecule is OCCN1CCN(C[C@@H](O)COCc2ccccc2F)CC1. The zero-order valence-electron chi connectivity index (χ0n) is 12.8. The minimum absolute atomic E-state index is 0.175. The number of piperazine rings is 1. The van der Waals surface area contributed by atoms with Crippen LogP contribution in [-0.2, 0) is 11.3 Å². The van der Waals surface area contributed by atoms with E-state index in [0.29, 0.717) is 18.7 Å². The average Bonchev–Trinajstić information content (AvgIpc) is 2.51. The molecular formula is C16H25FN2O3. The second kappa shape index (κ2) is 9.17. The molecule has 0 aliphatic carbocycles. The van der Waals surface area contributed by atoms with Crippen LogP contribution in [0.5, 0.6) is 0 Å².